The van der Waals surface area contributed by atoms with Crippen molar-refractivity contribution in [3.8, 4) is 5.75 Å². The SMILES string of the molecule is CC(NC(=O)c1ccccc1OCc1cn2ccccc2n1)c1nc2ccccc2[nH]1. The van der Waals surface area contributed by atoms with Crippen LogP contribution in [0.1, 0.15) is 34.8 Å². The van der Waals surface area contributed by atoms with Gasteiger partial charge in [0.05, 0.1) is 28.3 Å². The zero-order valence-electron chi connectivity index (χ0n) is 16.9. The molecule has 2 aromatic carbocycles. The third-order valence-electron chi connectivity index (χ3n) is 5.09. The van der Waals surface area contributed by atoms with Crippen LogP contribution in [0.25, 0.3) is 16.7 Å². The number of fused-ring (bicyclic) bond motifs is 2. The van der Waals surface area contributed by atoms with Crippen LogP contribution in [0.3, 0.4) is 0 Å². The van der Waals surface area contributed by atoms with E-state index >= 15 is 0 Å². The number of pyridine rings is 1. The first-order valence-corrected chi connectivity index (χ1v) is 10.1. The average molecular weight is 411 g/mol. The summed E-state index contributed by atoms with van der Waals surface area (Å²) in [5, 5.41) is 3.00. The molecule has 154 valence electrons. The van der Waals surface area contributed by atoms with Crippen LogP contribution in [0, 0.1) is 0 Å². The molecule has 1 unspecified atom stereocenters. The molecule has 31 heavy (non-hydrogen) atoms. The summed E-state index contributed by atoms with van der Waals surface area (Å²) in [6, 6.07) is 20.5. The highest BCUT2D eigenvalue weighted by Crippen LogP contribution is 2.21. The number of aromatic nitrogens is 4. The Kier molecular flexibility index (Phi) is 4.84. The van der Waals surface area contributed by atoms with Gasteiger partial charge in [-0.2, -0.15) is 0 Å². The van der Waals surface area contributed by atoms with Gasteiger partial charge in [0, 0.05) is 12.4 Å². The van der Waals surface area contributed by atoms with Crippen LogP contribution >= 0.6 is 0 Å². The second-order valence-corrected chi connectivity index (χ2v) is 7.32. The number of hydrogen-bond donors (Lipinski definition) is 2. The lowest BCUT2D eigenvalue weighted by atomic mass is 10.1. The summed E-state index contributed by atoms with van der Waals surface area (Å²) in [4.78, 5) is 25.3. The first-order valence-electron chi connectivity index (χ1n) is 10.1. The Morgan fingerprint density at radius 1 is 1.06 bits per heavy atom. The van der Waals surface area contributed by atoms with E-state index in [-0.39, 0.29) is 18.6 Å². The lowest BCUT2D eigenvalue weighted by Crippen LogP contribution is -2.27. The van der Waals surface area contributed by atoms with Crippen LogP contribution in [0.15, 0.2) is 79.1 Å². The number of nitrogens with one attached hydrogen (secondary N) is 2. The summed E-state index contributed by atoms with van der Waals surface area (Å²) in [6.45, 7) is 2.17. The zero-order valence-corrected chi connectivity index (χ0v) is 16.9. The van der Waals surface area contributed by atoms with Crippen LogP contribution in [0.2, 0.25) is 0 Å². The van der Waals surface area contributed by atoms with Gasteiger partial charge in [-0.1, -0.05) is 30.3 Å². The molecule has 7 heteroatoms. The van der Waals surface area contributed by atoms with Crippen LogP contribution in [-0.2, 0) is 6.61 Å². The van der Waals surface area contributed by atoms with Gasteiger partial charge in [-0.15, -0.1) is 0 Å². The van der Waals surface area contributed by atoms with Gasteiger partial charge >= 0.3 is 0 Å². The quantitative estimate of drug-likeness (QED) is 0.437. The highest BCUT2D eigenvalue weighted by molar-refractivity contribution is 5.97. The number of rotatable bonds is 6. The molecule has 3 heterocycles. The van der Waals surface area contributed by atoms with Crippen LogP contribution in [0.4, 0.5) is 0 Å². The normalized spacial score (nSPS) is 12.2. The van der Waals surface area contributed by atoms with Gasteiger partial charge in [-0.05, 0) is 43.3 Å². The minimum absolute atomic E-state index is 0.224. The van der Waals surface area contributed by atoms with Gasteiger partial charge in [0.1, 0.15) is 23.8 Å². The van der Waals surface area contributed by atoms with Gasteiger partial charge in [-0.3, -0.25) is 4.79 Å². The predicted octanol–water partition coefficient (Wildman–Crippen LogP) is 4.28. The third-order valence-corrected chi connectivity index (χ3v) is 5.09. The van der Waals surface area contributed by atoms with Gasteiger partial charge in [0.25, 0.3) is 5.91 Å². The smallest absolute Gasteiger partial charge is 0.255 e. The summed E-state index contributed by atoms with van der Waals surface area (Å²) in [5.41, 5.74) is 3.92. The number of para-hydroxylation sites is 3. The molecule has 0 fully saturated rings. The topological polar surface area (TPSA) is 84.3 Å². The van der Waals surface area contributed by atoms with Crippen molar-refractivity contribution in [1.29, 1.82) is 0 Å². The van der Waals surface area contributed by atoms with Crippen molar-refractivity contribution in [2.24, 2.45) is 0 Å². The number of nitrogens with zero attached hydrogens (tertiary/aromatic N) is 3. The van der Waals surface area contributed by atoms with E-state index in [2.05, 4.69) is 20.3 Å². The molecular formula is C24H21N5O2. The number of benzene rings is 2. The Morgan fingerprint density at radius 2 is 1.87 bits per heavy atom. The Morgan fingerprint density at radius 3 is 2.74 bits per heavy atom. The molecule has 0 saturated heterocycles. The highest BCUT2D eigenvalue weighted by atomic mass is 16.5. The van der Waals surface area contributed by atoms with E-state index in [0.29, 0.717) is 17.1 Å². The summed E-state index contributed by atoms with van der Waals surface area (Å²) in [5.74, 6) is 0.991. The summed E-state index contributed by atoms with van der Waals surface area (Å²) >= 11 is 0. The molecule has 0 radical (unpaired) electrons. The maximum atomic E-state index is 13.0. The van der Waals surface area contributed by atoms with Crippen LogP contribution < -0.4 is 10.1 Å². The number of carbonyl (C=O) groups is 1. The van der Waals surface area contributed by atoms with Crippen molar-refractivity contribution in [2.45, 2.75) is 19.6 Å². The molecule has 0 aliphatic heterocycles. The van der Waals surface area contributed by atoms with Crippen LogP contribution in [0.5, 0.6) is 5.75 Å². The number of hydrogen-bond acceptors (Lipinski definition) is 4. The lowest BCUT2D eigenvalue weighted by molar-refractivity contribution is 0.0934. The van der Waals surface area contributed by atoms with Crippen molar-refractivity contribution >= 4 is 22.6 Å². The summed E-state index contributed by atoms with van der Waals surface area (Å²) in [6.07, 6.45) is 3.86. The van der Waals surface area contributed by atoms with Crippen molar-refractivity contribution in [2.75, 3.05) is 0 Å². The number of ether oxygens (including phenoxy) is 1. The molecule has 0 bridgehead atoms. The van der Waals surface area contributed by atoms with E-state index in [1.165, 1.54) is 0 Å². The zero-order chi connectivity index (χ0) is 21.2. The molecule has 2 N–H and O–H groups in total. The molecule has 7 nitrogen and oxygen atoms in total. The largest absolute Gasteiger partial charge is 0.486 e. The van der Waals surface area contributed by atoms with E-state index in [0.717, 1.165) is 22.4 Å². The molecule has 0 aliphatic rings. The minimum Gasteiger partial charge on any atom is -0.486 e. The van der Waals surface area contributed by atoms with E-state index in [1.54, 1.807) is 12.1 Å². The Bertz CT molecular complexity index is 1300. The monoisotopic (exact) mass is 411 g/mol. The Labute approximate surface area is 178 Å². The maximum absolute atomic E-state index is 13.0. The fourth-order valence-electron chi connectivity index (χ4n) is 3.51. The highest BCUT2D eigenvalue weighted by Gasteiger charge is 2.18. The van der Waals surface area contributed by atoms with Crippen molar-refractivity contribution < 1.29 is 9.53 Å². The molecule has 0 aliphatic carbocycles. The number of imidazole rings is 2. The van der Waals surface area contributed by atoms with E-state index in [4.69, 9.17) is 4.74 Å². The molecule has 1 atom stereocenters. The number of H-pyrrole nitrogens is 1. The standard InChI is InChI=1S/C24H21N5O2/c1-16(23-27-19-9-3-4-10-20(19)28-23)25-24(30)18-8-2-5-11-21(18)31-15-17-14-29-13-7-6-12-22(29)26-17/h2-14,16H,15H2,1H3,(H,25,30)(H,27,28). The average Bonchev–Trinajstić information content (AvgIpc) is 3.41. The van der Waals surface area contributed by atoms with Gasteiger partial charge in [0.2, 0.25) is 0 Å². The predicted molar refractivity (Wildman–Crippen MR) is 118 cm³/mol. The molecule has 5 rings (SSSR count). The van der Waals surface area contributed by atoms with E-state index in [9.17, 15) is 4.79 Å². The third kappa shape index (κ3) is 3.85. The minimum atomic E-state index is -0.286. The Hall–Kier alpha value is -4.13. The summed E-state index contributed by atoms with van der Waals surface area (Å²) < 4.78 is 7.89. The van der Waals surface area contributed by atoms with Crippen LogP contribution in [-0.4, -0.2) is 25.3 Å². The van der Waals surface area contributed by atoms with Gasteiger partial charge in [-0.25, -0.2) is 9.97 Å². The van der Waals surface area contributed by atoms with E-state index < -0.39 is 0 Å². The molecule has 5 aromatic rings. The number of carbonyl (C=O) groups excluding carboxylic acids is 1. The van der Waals surface area contributed by atoms with Gasteiger partial charge < -0.3 is 19.4 Å². The van der Waals surface area contributed by atoms with Crippen molar-refractivity contribution in [1.82, 2.24) is 24.7 Å². The first kappa shape index (κ1) is 18.9. The fourth-order valence-corrected chi connectivity index (χ4v) is 3.51. The molecule has 1 amide bonds. The first-order chi connectivity index (χ1) is 15.2. The molecular weight excluding hydrogens is 390 g/mol. The molecule has 3 aromatic heterocycles. The molecule has 0 spiro atoms. The maximum Gasteiger partial charge on any atom is 0.255 e. The van der Waals surface area contributed by atoms with Crippen molar-refractivity contribution in [3.05, 3.63) is 96.2 Å². The van der Waals surface area contributed by atoms with Gasteiger partial charge in [0.15, 0.2) is 0 Å². The lowest BCUT2D eigenvalue weighted by Gasteiger charge is -2.14. The number of aromatic amines is 1. The van der Waals surface area contributed by atoms with Crippen molar-refractivity contribution in [3.63, 3.8) is 0 Å². The number of amides is 1. The fraction of sp³-hybridized carbons (Fsp3) is 0.125. The van der Waals surface area contributed by atoms with E-state index in [1.807, 2.05) is 78.3 Å². The summed E-state index contributed by atoms with van der Waals surface area (Å²) in [7, 11) is 0. The second kappa shape index (κ2) is 7.95. The molecule has 0 saturated carbocycles. The Balaban J connectivity index is 1.31. The second-order valence-electron chi connectivity index (χ2n) is 7.32.